The molecule has 0 aromatic heterocycles. The molecule has 3 rings (SSSR count). The highest BCUT2D eigenvalue weighted by Gasteiger charge is 2.29. The standard InChI is InChI=1S/C16H20FN3O2/c17-12-10-11(19-8-2-1-5-15(19)21)6-7-14(12)20-9-3-4-13(18)16(20)22/h6-7,10,13H,1-5,8-9,18H2. The van der Waals surface area contributed by atoms with Gasteiger partial charge in [0, 0.05) is 25.2 Å². The van der Waals surface area contributed by atoms with Gasteiger partial charge in [-0.15, -0.1) is 0 Å². The van der Waals surface area contributed by atoms with Gasteiger partial charge in [-0.25, -0.2) is 4.39 Å². The zero-order valence-electron chi connectivity index (χ0n) is 12.4. The predicted molar refractivity (Wildman–Crippen MR) is 82.2 cm³/mol. The second-order valence-corrected chi connectivity index (χ2v) is 5.88. The van der Waals surface area contributed by atoms with Gasteiger partial charge in [0.2, 0.25) is 11.8 Å². The maximum Gasteiger partial charge on any atom is 0.243 e. The Labute approximate surface area is 128 Å². The normalized spacial score (nSPS) is 23.1. The number of piperidine rings is 2. The van der Waals surface area contributed by atoms with Crippen LogP contribution in [0.4, 0.5) is 15.8 Å². The van der Waals surface area contributed by atoms with E-state index in [1.54, 1.807) is 17.0 Å². The van der Waals surface area contributed by atoms with E-state index in [1.165, 1.54) is 11.0 Å². The van der Waals surface area contributed by atoms with E-state index < -0.39 is 11.9 Å². The Kier molecular flexibility index (Phi) is 4.11. The van der Waals surface area contributed by atoms with Crippen LogP contribution in [0, 0.1) is 5.82 Å². The van der Waals surface area contributed by atoms with Crippen LogP contribution in [0.2, 0.25) is 0 Å². The van der Waals surface area contributed by atoms with Gasteiger partial charge in [0.15, 0.2) is 0 Å². The average molecular weight is 305 g/mol. The van der Waals surface area contributed by atoms with E-state index in [0.717, 1.165) is 19.3 Å². The highest BCUT2D eigenvalue weighted by molar-refractivity contribution is 5.98. The van der Waals surface area contributed by atoms with E-state index in [9.17, 15) is 14.0 Å². The largest absolute Gasteiger partial charge is 0.320 e. The number of amides is 2. The molecule has 2 aliphatic heterocycles. The van der Waals surface area contributed by atoms with Gasteiger partial charge in [0.05, 0.1) is 11.7 Å². The van der Waals surface area contributed by atoms with Gasteiger partial charge >= 0.3 is 0 Å². The molecule has 1 atom stereocenters. The van der Waals surface area contributed by atoms with Crippen LogP contribution < -0.4 is 15.5 Å². The minimum atomic E-state index is -0.559. The number of anilines is 2. The maximum absolute atomic E-state index is 14.4. The molecule has 1 unspecified atom stereocenters. The third-order valence-corrected chi connectivity index (χ3v) is 4.34. The number of nitrogens with two attached hydrogens (primary N) is 1. The lowest BCUT2D eigenvalue weighted by Crippen LogP contribution is -2.48. The van der Waals surface area contributed by atoms with Crippen molar-refractivity contribution < 1.29 is 14.0 Å². The Morgan fingerprint density at radius 1 is 1.09 bits per heavy atom. The second kappa shape index (κ2) is 6.04. The Morgan fingerprint density at radius 2 is 1.86 bits per heavy atom. The van der Waals surface area contributed by atoms with Crippen molar-refractivity contribution in [3.63, 3.8) is 0 Å². The first kappa shape index (κ1) is 15.0. The topological polar surface area (TPSA) is 66.6 Å². The van der Waals surface area contributed by atoms with Crippen molar-refractivity contribution in [2.24, 2.45) is 5.73 Å². The summed E-state index contributed by atoms with van der Waals surface area (Å²) >= 11 is 0. The van der Waals surface area contributed by atoms with Gasteiger partial charge in [-0.2, -0.15) is 0 Å². The van der Waals surface area contributed by atoms with Crippen LogP contribution in [-0.4, -0.2) is 30.9 Å². The van der Waals surface area contributed by atoms with Crippen molar-refractivity contribution in [3.05, 3.63) is 24.0 Å². The zero-order valence-corrected chi connectivity index (χ0v) is 12.4. The molecule has 1 aromatic carbocycles. The van der Waals surface area contributed by atoms with Gasteiger partial charge in [-0.3, -0.25) is 9.59 Å². The SMILES string of the molecule is NC1CCCN(c2ccc(N3CCCCC3=O)cc2F)C1=O. The van der Waals surface area contributed by atoms with Gasteiger partial charge in [0.25, 0.3) is 0 Å². The number of benzene rings is 1. The Hall–Kier alpha value is -1.95. The number of rotatable bonds is 2. The van der Waals surface area contributed by atoms with Crippen molar-refractivity contribution in [2.45, 2.75) is 38.1 Å². The predicted octanol–water partition coefficient (Wildman–Crippen LogP) is 1.80. The smallest absolute Gasteiger partial charge is 0.243 e. The molecule has 0 aliphatic carbocycles. The van der Waals surface area contributed by atoms with E-state index in [4.69, 9.17) is 5.73 Å². The lowest BCUT2D eigenvalue weighted by atomic mass is 10.0. The zero-order chi connectivity index (χ0) is 15.7. The molecule has 22 heavy (non-hydrogen) atoms. The van der Waals surface area contributed by atoms with Gasteiger partial charge in [-0.05, 0) is 43.9 Å². The molecule has 5 nitrogen and oxygen atoms in total. The molecule has 0 bridgehead atoms. The summed E-state index contributed by atoms with van der Waals surface area (Å²) < 4.78 is 14.4. The van der Waals surface area contributed by atoms with Crippen LogP contribution in [0.1, 0.15) is 32.1 Å². The fourth-order valence-electron chi connectivity index (χ4n) is 3.10. The molecule has 2 N–H and O–H groups in total. The number of carbonyl (C=O) groups is 2. The summed E-state index contributed by atoms with van der Waals surface area (Å²) in [5, 5.41) is 0. The molecule has 0 radical (unpaired) electrons. The van der Waals surface area contributed by atoms with Crippen LogP contribution in [0.5, 0.6) is 0 Å². The molecule has 0 spiro atoms. The Bertz CT molecular complexity index is 605. The lowest BCUT2D eigenvalue weighted by Gasteiger charge is -2.31. The summed E-state index contributed by atoms with van der Waals surface area (Å²) in [5.41, 5.74) is 6.55. The lowest BCUT2D eigenvalue weighted by molar-refractivity contribution is -0.121. The molecule has 6 heteroatoms. The van der Waals surface area contributed by atoms with Crippen LogP contribution in [-0.2, 0) is 9.59 Å². The van der Waals surface area contributed by atoms with Gasteiger partial charge in [0.1, 0.15) is 5.82 Å². The molecule has 2 aliphatic rings. The van der Waals surface area contributed by atoms with Crippen molar-refractivity contribution >= 4 is 23.2 Å². The van der Waals surface area contributed by atoms with Gasteiger partial charge in [-0.1, -0.05) is 0 Å². The van der Waals surface area contributed by atoms with E-state index in [1.807, 2.05) is 0 Å². The molecule has 2 amide bonds. The minimum absolute atomic E-state index is 0.0227. The highest BCUT2D eigenvalue weighted by atomic mass is 19.1. The first-order chi connectivity index (χ1) is 10.6. The summed E-state index contributed by atoms with van der Waals surface area (Å²) in [4.78, 5) is 27.0. The van der Waals surface area contributed by atoms with Crippen LogP contribution >= 0.6 is 0 Å². The first-order valence-corrected chi connectivity index (χ1v) is 7.75. The second-order valence-electron chi connectivity index (χ2n) is 5.88. The van der Waals surface area contributed by atoms with Crippen LogP contribution in [0.3, 0.4) is 0 Å². The fourth-order valence-corrected chi connectivity index (χ4v) is 3.10. The van der Waals surface area contributed by atoms with Crippen molar-refractivity contribution in [1.29, 1.82) is 0 Å². The Morgan fingerprint density at radius 3 is 2.59 bits per heavy atom. The van der Waals surface area contributed by atoms with Crippen LogP contribution in [0.25, 0.3) is 0 Å². The Balaban J connectivity index is 1.86. The number of hydrogen-bond donors (Lipinski definition) is 1. The summed E-state index contributed by atoms with van der Waals surface area (Å²) in [6, 6.07) is 4.06. The van der Waals surface area contributed by atoms with Crippen LogP contribution in [0.15, 0.2) is 18.2 Å². The van der Waals surface area contributed by atoms with E-state index in [0.29, 0.717) is 31.6 Å². The molecule has 0 saturated carbocycles. The molecule has 118 valence electrons. The summed E-state index contributed by atoms with van der Waals surface area (Å²) in [5.74, 6) is -0.709. The van der Waals surface area contributed by atoms with Crippen molar-refractivity contribution in [2.75, 3.05) is 22.9 Å². The van der Waals surface area contributed by atoms with E-state index in [2.05, 4.69) is 0 Å². The third-order valence-electron chi connectivity index (χ3n) is 4.34. The average Bonchev–Trinajstić information content (AvgIpc) is 2.51. The van der Waals surface area contributed by atoms with E-state index >= 15 is 0 Å². The first-order valence-electron chi connectivity index (χ1n) is 7.75. The number of nitrogens with zero attached hydrogens (tertiary/aromatic N) is 2. The number of halogens is 1. The molecule has 1 aromatic rings. The quantitative estimate of drug-likeness (QED) is 0.906. The number of carbonyl (C=O) groups excluding carboxylic acids is 2. The highest BCUT2D eigenvalue weighted by Crippen LogP contribution is 2.29. The molecular weight excluding hydrogens is 285 g/mol. The monoisotopic (exact) mass is 305 g/mol. The number of hydrogen-bond acceptors (Lipinski definition) is 3. The third kappa shape index (κ3) is 2.70. The van der Waals surface area contributed by atoms with Crippen molar-refractivity contribution in [3.8, 4) is 0 Å². The molecular formula is C16H20FN3O2. The minimum Gasteiger partial charge on any atom is -0.320 e. The summed E-state index contributed by atoms with van der Waals surface area (Å²) in [6.45, 7) is 1.09. The summed E-state index contributed by atoms with van der Waals surface area (Å²) in [7, 11) is 0. The maximum atomic E-state index is 14.4. The molecule has 2 heterocycles. The van der Waals surface area contributed by atoms with E-state index in [-0.39, 0.29) is 17.5 Å². The molecule has 2 saturated heterocycles. The fraction of sp³-hybridized carbons (Fsp3) is 0.500. The summed E-state index contributed by atoms with van der Waals surface area (Å²) in [6.07, 6.45) is 3.71. The molecule has 2 fully saturated rings. The van der Waals surface area contributed by atoms with Gasteiger partial charge < -0.3 is 15.5 Å². The van der Waals surface area contributed by atoms with Crippen molar-refractivity contribution in [1.82, 2.24) is 0 Å².